The molecule has 1 unspecified atom stereocenters. The van der Waals surface area contributed by atoms with Crippen molar-refractivity contribution >= 4 is 60.7 Å². The summed E-state index contributed by atoms with van der Waals surface area (Å²) in [5, 5.41) is 3.06. The zero-order chi connectivity index (χ0) is 13.9. The predicted octanol–water partition coefficient (Wildman–Crippen LogP) is 5.05. The topological polar surface area (TPSA) is 29.1 Å². The lowest BCUT2D eigenvalue weighted by molar-refractivity contribution is 0.0904. The maximum absolute atomic E-state index is 12.2. The van der Waals surface area contributed by atoms with E-state index in [2.05, 4.69) is 57.9 Å². The quantitative estimate of drug-likeness (QED) is 0.683. The minimum atomic E-state index is -0.0450. The smallest absolute Gasteiger partial charge is 0.261 e. The van der Waals surface area contributed by atoms with Crippen LogP contribution in [0.15, 0.2) is 14.3 Å². The minimum absolute atomic E-state index is 0.00370. The number of nitrogens with one attached hydrogen (secondary N) is 1. The molecule has 6 heteroatoms. The molecule has 1 amide bonds. The normalized spacial score (nSPS) is 13.4. The summed E-state index contributed by atoms with van der Waals surface area (Å²) < 4.78 is 1.83. The van der Waals surface area contributed by atoms with Gasteiger partial charge in [-0.3, -0.25) is 4.79 Å². The summed E-state index contributed by atoms with van der Waals surface area (Å²) in [6.45, 7) is 6.31. The molecule has 2 nitrogen and oxygen atoms in total. The summed E-state index contributed by atoms with van der Waals surface area (Å²) in [7, 11) is 0. The molecule has 0 bridgehead atoms. The van der Waals surface area contributed by atoms with Crippen LogP contribution in [0.1, 0.15) is 36.9 Å². The lowest BCUT2D eigenvalue weighted by atomic mass is 9.85. The number of alkyl halides is 1. The van der Waals surface area contributed by atoms with Crippen molar-refractivity contribution in [2.24, 2.45) is 5.41 Å². The van der Waals surface area contributed by atoms with E-state index in [1.54, 1.807) is 0 Å². The summed E-state index contributed by atoms with van der Waals surface area (Å²) in [6.07, 6.45) is 0.768. The van der Waals surface area contributed by atoms with Gasteiger partial charge in [0.25, 0.3) is 5.91 Å². The molecule has 18 heavy (non-hydrogen) atoms. The fraction of sp³-hybridized carbons (Fsp3) is 0.583. The van der Waals surface area contributed by atoms with Crippen LogP contribution in [-0.4, -0.2) is 17.8 Å². The molecule has 0 saturated heterocycles. The highest BCUT2D eigenvalue weighted by Crippen LogP contribution is 2.32. The number of carbonyl (C=O) groups excluding carboxylic acids is 1. The van der Waals surface area contributed by atoms with Crippen molar-refractivity contribution in [3.8, 4) is 0 Å². The molecule has 1 aromatic rings. The molecule has 0 saturated carbocycles. The van der Waals surface area contributed by atoms with Crippen molar-refractivity contribution in [1.29, 1.82) is 0 Å². The van der Waals surface area contributed by atoms with Gasteiger partial charge in [0.2, 0.25) is 0 Å². The average Bonchev–Trinajstić information content (AvgIpc) is 2.57. The lowest BCUT2D eigenvalue weighted by Crippen LogP contribution is -2.43. The third kappa shape index (κ3) is 4.51. The number of hydrogen-bond donors (Lipinski definition) is 1. The van der Waals surface area contributed by atoms with Gasteiger partial charge in [-0.05, 0) is 49.8 Å². The zero-order valence-electron chi connectivity index (χ0n) is 10.5. The van der Waals surface area contributed by atoms with Gasteiger partial charge in [-0.2, -0.15) is 0 Å². The molecule has 1 rings (SSSR count). The van der Waals surface area contributed by atoms with Gasteiger partial charge in [0, 0.05) is 16.4 Å². The first-order chi connectivity index (χ1) is 8.25. The molecule has 1 heterocycles. The summed E-state index contributed by atoms with van der Waals surface area (Å²) in [6, 6.07) is 1.90. The Balaban J connectivity index is 2.78. The average molecular weight is 418 g/mol. The lowest BCUT2D eigenvalue weighted by Gasteiger charge is -2.30. The predicted molar refractivity (Wildman–Crippen MR) is 85.8 cm³/mol. The number of thiophene rings is 1. The second-order valence-corrected chi connectivity index (χ2v) is 8.70. The molecular weight excluding hydrogens is 401 g/mol. The summed E-state index contributed by atoms with van der Waals surface area (Å²) >= 11 is 14.0. The Morgan fingerprint density at radius 3 is 2.50 bits per heavy atom. The highest BCUT2D eigenvalue weighted by atomic mass is 79.9. The van der Waals surface area contributed by atoms with E-state index in [0.717, 1.165) is 14.7 Å². The van der Waals surface area contributed by atoms with Crippen LogP contribution in [0, 0.1) is 5.41 Å². The molecule has 0 fully saturated rings. The molecule has 1 atom stereocenters. The third-order valence-corrected chi connectivity index (χ3v) is 6.09. The van der Waals surface area contributed by atoms with Crippen molar-refractivity contribution in [2.75, 3.05) is 5.88 Å². The highest BCUT2D eigenvalue weighted by Gasteiger charge is 2.26. The molecule has 0 aliphatic rings. The van der Waals surface area contributed by atoms with Crippen LogP contribution in [0.5, 0.6) is 0 Å². The van der Waals surface area contributed by atoms with Crippen LogP contribution in [0.2, 0.25) is 0 Å². The molecule has 102 valence electrons. The monoisotopic (exact) mass is 415 g/mol. The van der Waals surface area contributed by atoms with E-state index >= 15 is 0 Å². The van der Waals surface area contributed by atoms with Crippen molar-refractivity contribution < 1.29 is 4.79 Å². The summed E-state index contributed by atoms with van der Waals surface area (Å²) in [5.74, 6) is 0.497. The second-order valence-electron chi connectivity index (χ2n) is 5.10. The largest absolute Gasteiger partial charge is 0.348 e. The maximum atomic E-state index is 12.2. The Bertz CT molecular complexity index is 409. The van der Waals surface area contributed by atoms with Crippen LogP contribution < -0.4 is 5.32 Å². The SMILES string of the molecule is CC(C)(C)C(CCCl)NC(=O)c1cc(Br)c(Br)s1. The fourth-order valence-corrected chi connectivity index (χ4v) is 3.68. The standard InChI is InChI=1S/C12H16Br2ClNOS/c1-12(2,3)9(4-5-15)16-11(17)8-6-7(13)10(14)18-8/h6,9H,4-5H2,1-3H3,(H,16,17). The maximum Gasteiger partial charge on any atom is 0.261 e. The van der Waals surface area contributed by atoms with E-state index in [-0.39, 0.29) is 17.4 Å². The molecule has 1 aromatic heterocycles. The van der Waals surface area contributed by atoms with Crippen molar-refractivity contribution in [2.45, 2.75) is 33.2 Å². The molecular formula is C12H16Br2ClNOS. The zero-order valence-corrected chi connectivity index (χ0v) is 15.3. The Kier molecular flexibility index (Phi) is 6.16. The molecule has 0 spiro atoms. The van der Waals surface area contributed by atoms with Crippen molar-refractivity contribution in [3.05, 3.63) is 19.2 Å². The minimum Gasteiger partial charge on any atom is -0.348 e. The Labute approximate surface area is 134 Å². The summed E-state index contributed by atoms with van der Waals surface area (Å²) in [4.78, 5) is 12.8. The van der Waals surface area contributed by atoms with Crippen molar-refractivity contribution in [3.63, 3.8) is 0 Å². The van der Waals surface area contributed by atoms with Crippen LogP contribution in [0.3, 0.4) is 0 Å². The van der Waals surface area contributed by atoms with Gasteiger partial charge in [-0.15, -0.1) is 22.9 Å². The van der Waals surface area contributed by atoms with Crippen molar-refractivity contribution in [1.82, 2.24) is 5.32 Å². The number of rotatable bonds is 4. The first-order valence-corrected chi connectivity index (χ1v) is 8.51. The van der Waals surface area contributed by atoms with Gasteiger partial charge in [0.15, 0.2) is 0 Å². The molecule has 0 aliphatic carbocycles. The fourth-order valence-electron chi connectivity index (χ4n) is 1.52. The summed E-state index contributed by atoms with van der Waals surface area (Å²) in [5.41, 5.74) is -0.00370. The van der Waals surface area contributed by atoms with E-state index < -0.39 is 0 Å². The van der Waals surface area contributed by atoms with Crippen LogP contribution in [0.4, 0.5) is 0 Å². The van der Waals surface area contributed by atoms with E-state index in [1.165, 1.54) is 11.3 Å². The number of amides is 1. The van der Waals surface area contributed by atoms with E-state index in [4.69, 9.17) is 11.6 Å². The number of hydrogen-bond acceptors (Lipinski definition) is 2. The number of halogens is 3. The van der Waals surface area contributed by atoms with Gasteiger partial charge >= 0.3 is 0 Å². The van der Waals surface area contributed by atoms with Crippen LogP contribution in [-0.2, 0) is 0 Å². The Morgan fingerprint density at radius 2 is 2.11 bits per heavy atom. The molecule has 0 aromatic carbocycles. The van der Waals surface area contributed by atoms with Gasteiger partial charge in [0.05, 0.1) is 8.66 Å². The number of carbonyl (C=O) groups is 1. The van der Waals surface area contributed by atoms with E-state index in [9.17, 15) is 4.79 Å². The van der Waals surface area contributed by atoms with Crippen LogP contribution >= 0.6 is 54.8 Å². The second kappa shape index (κ2) is 6.73. The highest BCUT2D eigenvalue weighted by molar-refractivity contribution is 9.13. The first kappa shape index (κ1) is 16.5. The molecule has 0 radical (unpaired) electrons. The third-order valence-electron chi connectivity index (χ3n) is 2.62. The van der Waals surface area contributed by atoms with Crippen LogP contribution in [0.25, 0.3) is 0 Å². The van der Waals surface area contributed by atoms with Gasteiger partial charge in [0.1, 0.15) is 0 Å². The Hall–Kier alpha value is 0.420. The molecule has 1 N–H and O–H groups in total. The van der Waals surface area contributed by atoms with E-state index in [1.807, 2.05) is 6.07 Å². The van der Waals surface area contributed by atoms with Gasteiger partial charge < -0.3 is 5.32 Å². The van der Waals surface area contributed by atoms with E-state index in [0.29, 0.717) is 10.8 Å². The first-order valence-electron chi connectivity index (χ1n) is 5.57. The van der Waals surface area contributed by atoms with Gasteiger partial charge in [-0.1, -0.05) is 20.8 Å². The molecule has 0 aliphatic heterocycles. The van der Waals surface area contributed by atoms with Gasteiger partial charge in [-0.25, -0.2) is 0 Å². The Morgan fingerprint density at radius 1 is 1.50 bits per heavy atom.